The van der Waals surface area contributed by atoms with Crippen LogP contribution in [0.25, 0.3) is 0 Å². The number of carbonyl (C=O) groups is 1. The van der Waals surface area contributed by atoms with E-state index in [0.717, 1.165) is 11.3 Å². The molecular formula is C11H19N3O3. The van der Waals surface area contributed by atoms with Gasteiger partial charge < -0.3 is 20.3 Å². The van der Waals surface area contributed by atoms with Gasteiger partial charge in [0.1, 0.15) is 5.76 Å². The number of nitrogens with one attached hydrogen (secondary N) is 2. The number of nitrogens with zero attached hydrogens (tertiary/aromatic N) is 1. The molecule has 2 unspecified atom stereocenters. The fraction of sp³-hybridized carbons (Fsp3) is 0.636. The van der Waals surface area contributed by atoms with E-state index in [0.29, 0.717) is 5.76 Å². The minimum Gasteiger partial charge on any atom is -0.394 e. The minimum absolute atomic E-state index is 0.0902. The molecule has 0 saturated heterocycles. The van der Waals surface area contributed by atoms with Crippen LogP contribution in [0.2, 0.25) is 0 Å². The van der Waals surface area contributed by atoms with Crippen molar-refractivity contribution < 1.29 is 14.4 Å². The third-order valence-electron chi connectivity index (χ3n) is 2.52. The van der Waals surface area contributed by atoms with E-state index in [9.17, 15) is 4.79 Å². The van der Waals surface area contributed by atoms with Crippen molar-refractivity contribution in [3.05, 3.63) is 17.0 Å². The zero-order valence-corrected chi connectivity index (χ0v) is 10.6. The van der Waals surface area contributed by atoms with Gasteiger partial charge in [-0.1, -0.05) is 5.16 Å². The molecule has 0 spiro atoms. The molecule has 0 bridgehead atoms. The van der Waals surface area contributed by atoms with Gasteiger partial charge in [0.25, 0.3) is 0 Å². The highest BCUT2D eigenvalue weighted by Gasteiger charge is 2.18. The Morgan fingerprint density at radius 1 is 1.41 bits per heavy atom. The molecule has 1 heterocycles. The van der Waals surface area contributed by atoms with Crippen LogP contribution in [0.4, 0.5) is 4.79 Å². The number of hydrogen-bond acceptors (Lipinski definition) is 4. The molecule has 17 heavy (non-hydrogen) atoms. The van der Waals surface area contributed by atoms with Gasteiger partial charge in [0.05, 0.1) is 24.4 Å². The molecule has 96 valence electrons. The first kappa shape index (κ1) is 13.5. The molecule has 1 aromatic rings. The topological polar surface area (TPSA) is 87.4 Å². The Labute approximate surface area is 100 Å². The lowest BCUT2D eigenvalue weighted by atomic mass is 10.1. The van der Waals surface area contributed by atoms with Crippen molar-refractivity contribution >= 4 is 6.03 Å². The molecule has 2 atom stereocenters. The SMILES string of the molecule is Cc1noc(C)c1C(C)NC(=O)NC(C)CO. The predicted octanol–water partition coefficient (Wildman–Crippen LogP) is 1.03. The van der Waals surface area contributed by atoms with Gasteiger partial charge in [0, 0.05) is 5.56 Å². The molecule has 2 amide bonds. The summed E-state index contributed by atoms with van der Waals surface area (Å²) >= 11 is 0. The third-order valence-corrected chi connectivity index (χ3v) is 2.52. The van der Waals surface area contributed by atoms with E-state index >= 15 is 0 Å². The molecule has 0 saturated carbocycles. The van der Waals surface area contributed by atoms with Gasteiger partial charge in [-0.2, -0.15) is 0 Å². The Kier molecular flexibility index (Phi) is 4.51. The highest BCUT2D eigenvalue weighted by atomic mass is 16.5. The molecule has 6 heteroatoms. The second kappa shape index (κ2) is 5.67. The third kappa shape index (κ3) is 3.45. The lowest BCUT2D eigenvalue weighted by molar-refractivity contribution is 0.218. The Balaban J connectivity index is 2.61. The zero-order valence-electron chi connectivity index (χ0n) is 10.6. The van der Waals surface area contributed by atoms with Crippen molar-refractivity contribution in [1.82, 2.24) is 15.8 Å². The summed E-state index contributed by atoms with van der Waals surface area (Å²) in [6.45, 7) is 7.13. The number of aliphatic hydroxyl groups excluding tert-OH is 1. The van der Waals surface area contributed by atoms with Gasteiger partial charge in [-0.05, 0) is 27.7 Å². The summed E-state index contributed by atoms with van der Waals surface area (Å²) in [6, 6.07) is -0.780. The summed E-state index contributed by atoms with van der Waals surface area (Å²) in [6.07, 6.45) is 0. The quantitative estimate of drug-likeness (QED) is 0.734. The van der Waals surface area contributed by atoms with E-state index in [1.54, 1.807) is 6.92 Å². The van der Waals surface area contributed by atoms with Crippen LogP contribution in [0.5, 0.6) is 0 Å². The van der Waals surface area contributed by atoms with Gasteiger partial charge in [-0.25, -0.2) is 4.79 Å². The monoisotopic (exact) mass is 241 g/mol. The van der Waals surface area contributed by atoms with E-state index in [-0.39, 0.29) is 24.7 Å². The van der Waals surface area contributed by atoms with Gasteiger partial charge >= 0.3 is 6.03 Å². The van der Waals surface area contributed by atoms with E-state index < -0.39 is 0 Å². The molecule has 1 rings (SSSR count). The molecule has 3 N–H and O–H groups in total. The van der Waals surface area contributed by atoms with Crippen molar-refractivity contribution in [3.63, 3.8) is 0 Å². The number of urea groups is 1. The second-order valence-electron chi connectivity index (χ2n) is 4.16. The average Bonchev–Trinajstić information content (AvgIpc) is 2.57. The van der Waals surface area contributed by atoms with Crippen molar-refractivity contribution in [2.24, 2.45) is 0 Å². The number of carbonyl (C=O) groups excluding carboxylic acids is 1. The lowest BCUT2D eigenvalue weighted by Crippen LogP contribution is -2.43. The van der Waals surface area contributed by atoms with E-state index in [2.05, 4.69) is 15.8 Å². The maximum absolute atomic E-state index is 11.6. The Hall–Kier alpha value is -1.56. The van der Waals surface area contributed by atoms with Crippen LogP contribution >= 0.6 is 0 Å². The standard InChI is InChI=1S/C11H19N3O3/c1-6(5-15)12-11(16)13-7(2)10-8(3)14-17-9(10)4/h6-7,15H,5H2,1-4H3,(H2,12,13,16). The van der Waals surface area contributed by atoms with Crippen LogP contribution < -0.4 is 10.6 Å². The Morgan fingerprint density at radius 2 is 2.06 bits per heavy atom. The van der Waals surface area contributed by atoms with Crippen LogP contribution in [0.3, 0.4) is 0 Å². The summed E-state index contributed by atoms with van der Waals surface area (Å²) in [5.74, 6) is 0.700. The summed E-state index contributed by atoms with van der Waals surface area (Å²) in [7, 11) is 0. The molecule has 0 fully saturated rings. The summed E-state index contributed by atoms with van der Waals surface area (Å²) < 4.78 is 5.04. The maximum Gasteiger partial charge on any atom is 0.315 e. The van der Waals surface area contributed by atoms with Crippen LogP contribution in [0.15, 0.2) is 4.52 Å². The average molecular weight is 241 g/mol. The van der Waals surface area contributed by atoms with E-state index in [1.165, 1.54) is 0 Å². The first-order valence-corrected chi connectivity index (χ1v) is 5.56. The summed E-state index contributed by atoms with van der Waals surface area (Å²) in [5.41, 5.74) is 1.65. The van der Waals surface area contributed by atoms with Crippen molar-refractivity contribution in [2.75, 3.05) is 6.61 Å². The smallest absolute Gasteiger partial charge is 0.315 e. The first-order chi connectivity index (χ1) is 7.95. The molecule has 6 nitrogen and oxygen atoms in total. The van der Waals surface area contributed by atoms with Crippen LogP contribution in [0, 0.1) is 13.8 Å². The largest absolute Gasteiger partial charge is 0.394 e. The number of hydrogen-bond donors (Lipinski definition) is 3. The van der Waals surface area contributed by atoms with Crippen LogP contribution in [-0.4, -0.2) is 28.9 Å². The van der Waals surface area contributed by atoms with Gasteiger partial charge in [0.2, 0.25) is 0 Å². The first-order valence-electron chi connectivity index (χ1n) is 5.56. The van der Waals surface area contributed by atoms with Crippen LogP contribution in [-0.2, 0) is 0 Å². The normalized spacial score (nSPS) is 14.2. The molecule has 0 aromatic carbocycles. The van der Waals surface area contributed by atoms with Crippen molar-refractivity contribution in [1.29, 1.82) is 0 Å². The summed E-state index contributed by atoms with van der Waals surface area (Å²) in [5, 5.41) is 18.0. The predicted molar refractivity (Wildman–Crippen MR) is 62.6 cm³/mol. The van der Waals surface area contributed by atoms with Gasteiger partial charge in [0.15, 0.2) is 0 Å². The molecule has 0 aliphatic rings. The van der Waals surface area contributed by atoms with Crippen LogP contribution in [0.1, 0.15) is 36.9 Å². The van der Waals surface area contributed by atoms with Crippen molar-refractivity contribution in [3.8, 4) is 0 Å². The Morgan fingerprint density at radius 3 is 2.53 bits per heavy atom. The molecule has 0 radical (unpaired) electrons. The van der Waals surface area contributed by atoms with Crippen molar-refractivity contribution in [2.45, 2.75) is 39.8 Å². The van der Waals surface area contributed by atoms with E-state index in [1.807, 2.05) is 20.8 Å². The minimum atomic E-state index is -0.320. The van der Waals surface area contributed by atoms with Gasteiger partial charge in [-0.3, -0.25) is 0 Å². The fourth-order valence-electron chi connectivity index (χ4n) is 1.69. The second-order valence-corrected chi connectivity index (χ2v) is 4.16. The maximum atomic E-state index is 11.6. The number of aryl methyl sites for hydroxylation is 2. The number of aliphatic hydroxyl groups is 1. The Bertz CT molecular complexity index is 370. The summed E-state index contributed by atoms with van der Waals surface area (Å²) in [4.78, 5) is 11.6. The number of amides is 2. The molecule has 1 aromatic heterocycles. The fourth-order valence-corrected chi connectivity index (χ4v) is 1.69. The molecule has 0 aliphatic carbocycles. The number of aromatic nitrogens is 1. The lowest BCUT2D eigenvalue weighted by Gasteiger charge is -2.16. The molecular weight excluding hydrogens is 222 g/mol. The van der Waals surface area contributed by atoms with E-state index in [4.69, 9.17) is 9.63 Å². The highest BCUT2D eigenvalue weighted by molar-refractivity contribution is 5.74. The zero-order chi connectivity index (χ0) is 13.0. The van der Waals surface area contributed by atoms with Gasteiger partial charge in [-0.15, -0.1) is 0 Å². The molecule has 0 aliphatic heterocycles. The number of rotatable bonds is 4. The highest BCUT2D eigenvalue weighted by Crippen LogP contribution is 2.20.